The van der Waals surface area contributed by atoms with E-state index in [1.54, 1.807) is 6.20 Å². The van der Waals surface area contributed by atoms with Gasteiger partial charge in [0.1, 0.15) is 6.10 Å². The minimum atomic E-state index is -0.191. The van der Waals surface area contributed by atoms with Gasteiger partial charge in [-0.3, -0.25) is 9.78 Å². The minimum absolute atomic E-state index is 0.0509. The van der Waals surface area contributed by atoms with Gasteiger partial charge >= 0.3 is 0 Å². The van der Waals surface area contributed by atoms with E-state index in [9.17, 15) is 4.79 Å². The monoisotopic (exact) mass is 465 g/mol. The predicted octanol–water partition coefficient (Wildman–Crippen LogP) is 4.40. The standard InChI is InChI=1S/C26H31N3O5/c1-5-31-22-11-17(12-23(32-6-2)25(22)33-7-3)20-14-21-19(9-8-10-27-21)26(29-20)34-16(4)18-13-24(30)28-15-18/h8-12,14,16,18H,5-7,13,15H2,1-4H3,(H,28,30)/t16-,18-/m1/s1. The molecule has 1 aromatic carbocycles. The molecule has 1 aliphatic heterocycles. The molecule has 0 spiro atoms. The van der Waals surface area contributed by atoms with Crippen molar-refractivity contribution in [3.05, 3.63) is 36.5 Å². The molecular formula is C26H31N3O5. The number of nitrogens with zero attached hydrogens (tertiary/aromatic N) is 2. The van der Waals surface area contributed by atoms with E-state index >= 15 is 0 Å². The lowest BCUT2D eigenvalue weighted by Crippen LogP contribution is -2.26. The maximum Gasteiger partial charge on any atom is 0.223 e. The first-order valence-electron chi connectivity index (χ1n) is 11.8. The molecule has 1 aliphatic rings. The second kappa shape index (κ2) is 10.6. The Morgan fingerprint density at radius 1 is 1.06 bits per heavy atom. The highest BCUT2D eigenvalue weighted by Crippen LogP contribution is 2.42. The number of carbonyl (C=O) groups is 1. The van der Waals surface area contributed by atoms with Crippen LogP contribution in [0.3, 0.4) is 0 Å². The topological polar surface area (TPSA) is 91.8 Å². The van der Waals surface area contributed by atoms with Gasteiger partial charge in [-0.25, -0.2) is 4.98 Å². The first kappa shape index (κ1) is 23.6. The number of rotatable bonds is 10. The van der Waals surface area contributed by atoms with Crippen molar-refractivity contribution < 1.29 is 23.7 Å². The lowest BCUT2D eigenvalue weighted by atomic mass is 10.0. The molecule has 0 saturated carbocycles. The molecule has 1 fully saturated rings. The zero-order valence-electron chi connectivity index (χ0n) is 20.1. The van der Waals surface area contributed by atoms with Crippen LogP contribution in [0, 0.1) is 5.92 Å². The van der Waals surface area contributed by atoms with Crippen LogP contribution in [-0.2, 0) is 4.79 Å². The van der Waals surface area contributed by atoms with Crippen LogP contribution < -0.4 is 24.3 Å². The lowest BCUT2D eigenvalue weighted by molar-refractivity contribution is -0.119. The molecule has 0 unspecified atom stereocenters. The molecule has 2 atom stereocenters. The molecule has 1 amide bonds. The third-order valence-electron chi connectivity index (χ3n) is 5.74. The summed E-state index contributed by atoms with van der Waals surface area (Å²) in [4.78, 5) is 21.1. The van der Waals surface area contributed by atoms with Crippen molar-refractivity contribution in [3.8, 4) is 34.4 Å². The van der Waals surface area contributed by atoms with Crippen molar-refractivity contribution >= 4 is 16.8 Å². The summed E-state index contributed by atoms with van der Waals surface area (Å²) in [6.07, 6.45) is 2.00. The molecule has 180 valence electrons. The van der Waals surface area contributed by atoms with Crippen molar-refractivity contribution in [1.29, 1.82) is 0 Å². The molecule has 0 bridgehead atoms. The highest BCUT2D eigenvalue weighted by Gasteiger charge is 2.29. The third kappa shape index (κ3) is 5.00. The second-order valence-electron chi connectivity index (χ2n) is 8.07. The van der Waals surface area contributed by atoms with E-state index in [0.717, 1.165) is 16.5 Å². The third-order valence-corrected chi connectivity index (χ3v) is 5.74. The Balaban J connectivity index is 1.79. The molecule has 3 heterocycles. The van der Waals surface area contributed by atoms with E-state index in [4.69, 9.17) is 23.9 Å². The van der Waals surface area contributed by atoms with Gasteiger partial charge in [0.25, 0.3) is 0 Å². The maximum atomic E-state index is 11.7. The normalized spacial score (nSPS) is 16.2. The fourth-order valence-corrected chi connectivity index (χ4v) is 4.05. The molecule has 8 nitrogen and oxygen atoms in total. The van der Waals surface area contributed by atoms with E-state index in [1.807, 2.05) is 58.0 Å². The van der Waals surface area contributed by atoms with Gasteiger partial charge in [-0.15, -0.1) is 0 Å². The first-order valence-corrected chi connectivity index (χ1v) is 11.8. The number of carbonyl (C=O) groups excluding carboxylic acids is 1. The average molecular weight is 466 g/mol. The van der Waals surface area contributed by atoms with Gasteiger partial charge in [-0.2, -0.15) is 0 Å². The summed E-state index contributed by atoms with van der Waals surface area (Å²) in [6, 6.07) is 9.53. The molecular weight excluding hydrogens is 434 g/mol. The lowest BCUT2D eigenvalue weighted by Gasteiger charge is -2.21. The van der Waals surface area contributed by atoms with E-state index < -0.39 is 0 Å². The smallest absolute Gasteiger partial charge is 0.223 e. The molecule has 34 heavy (non-hydrogen) atoms. The fraction of sp³-hybridized carbons (Fsp3) is 0.423. The molecule has 1 N–H and O–H groups in total. The Labute approximate surface area is 199 Å². The molecule has 4 rings (SSSR count). The number of ether oxygens (including phenoxy) is 4. The van der Waals surface area contributed by atoms with Crippen molar-refractivity contribution in [2.24, 2.45) is 5.92 Å². The maximum absolute atomic E-state index is 11.7. The van der Waals surface area contributed by atoms with Crippen LogP contribution >= 0.6 is 0 Å². The van der Waals surface area contributed by atoms with Crippen molar-refractivity contribution in [2.45, 2.75) is 40.2 Å². The number of benzene rings is 1. The van der Waals surface area contributed by atoms with Gasteiger partial charge < -0.3 is 24.3 Å². The number of amides is 1. The van der Waals surface area contributed by atoms with Gasteiger partial charge in [0.2, 0.25) is 17.5 Å². The summed E-state index contributed by atoms with van der Waals surface area (Å²) in [6.45, 7) is 9.82. The zero-order valence-corrected chi connectivity index (χ0v) is 20.1. The zero-order chi connectivity index (χ0) is 24.1. The molecule has 0 aliphatic carbocycles. The van der Waals surface area contributed by atoms with Crippen LogP contribution in [0.5, 0.6) is 23.1 Å². The number of nitrogens with one attached hydrogen (secondary N) is 1. The highest BCUT2D eigenvalue weighted by molar-refractivity contribution is 5.87. The minimum Gasteiger partial charge on any atom is -0.490 e. The number of fused-ring (bicyclic) bond motifs is 1. The Bertz CT molecular complexity index is 1140. The van der Waals surface area contributed by atoms with E-state index in [0.29, 0.717) is 61.6 Å². The molecule has 1 saturated heterocycles. The van der Waals surface area contributed by atoms with Crippen LogP contribution in [0.15, 0.2) is 36.5 Å². The van der Waals surface area contributed by atoms with E-state index in [2.05, 4.69) is 10.3 Å². The summed E-state index contributed by atoms with van der Waals surface area (Å²) in [5, 5.41) is 3.69. The van der Waals surface area contributed by atoms with Gasteiger partial charge in [0, 0.05) is 30.6 Å². The number of hydrogen-bond donors (Lipinski definition) is 1. The summed E-state index contributed by atoms with van der Waals surface area (Å²) in [5.41, 5.74) is 2.25. The van der Waals surface area contributed by atoms with Gasteiger partial charge in [0.05, 0.1) is 36.4 Å². The van der Waals surface area contributed by atoms with Crippen molar-refractivity contribution in [2.75, 3.05) is 26.4 Å². The quantitative estimate of drug-likeness (QED) is 0.475. The van der Waals surface area contributed by atoms with Gasteiger partial charge in [-0.1, -0.05) is 0 Å². The Kier molecular flexibility index (Phi) is 7.35. The Hall–Kier alpha value is -3.55. The van der Waals surface area contributed by atoms with E-state index in [-0.39, 0.29) is 17.9 Å². The average Bonchev–Trinajstić information content (AvgIpc) is 3.27. The van der Waals surface area contributed by atoms with Gasteiger partial charge in [0.15, 0.2) is 11.5 Å². The largest absolute Gasteiger partial charge is 0.490 e. The second-order valence-corrected chi connectivity index (χ2v) is 8.07. The molecule has 2 aromatic heterocycles. The number of hydrogen-bond acceptors (Lipinski definition) is 7. The number of aromatic nitrogens is 2. The Morgan fingerprint density at radius 2 is 1.76 bits per heavy atom. The summed E-state index contributed by atoms with van der Waals surface area (Å²) < 4.78 is 23.9. The predicted molar refractivity (Wildman–Crippen MR) is 130 cm³/mol. The Morgan fingerprint density at radius 3 is 2.38 bits per heavy atom. The summed E-state index contributed by atoms with van der Waals surface area (Å²) in [5.74, 6) is 2.40. The van der Waals surface area contributed by atoms with Crippen LogP contribution in [0.4, 0.5) is 0 Å². The van der Waals surface area contributed by atoms with Crippen molar-refractivity contribution in [3.63, 3.8) is 0 Å². The molecule has 0 radical (unpaired) electrons. The summed E-state index contributed by atoms with van der Waals surface area (Å²) >= 11 is 0. The van der Waals surface area contributed by atoms with Crippen LogP contribution in [-0.4, -0.2) is 48.3 Å². The van der Waals surface area contributed by atoms with Gasteiger partial charge in [-0.05, 0) is 58.0 Å². The van der Waals surface area contributed by atoms with Crippen molar-refractivity contribution in [1.82, 2.24) is 15.3 Å². The van der Waals surface area contributed by atoms with Crippen LogP contribution in [0.2, 0.25) is 0 Å². The SMILES string of the molecule is CCOc1cc(-c2cc3ncccc3c(O[C@H](C)[C@H]3CNC(=O)C3)n2)cc(OCC)c1OCC. The highest BCUT2D eigenvalue weighted by atomic mass is 16.5. The van der Waals surface area contributed by atoms with Crippen LogP contribution in [0.25, 0.3) is 22.2 Å². The molecule has 3 aromatic rings. The number of pyridine rings is 2. The van der Waals surface area contributed by atoms with Crippen LogP contribution in [0.1, 0.15) is 34.1 Å². The summed E-state index contributed by atoms with van der Waals surface area (Å²) in [7, 11) is 0. The van der Waals surface area contributed by atoms with E-state index in [1.165, 1.54) is 0 Å². The first-order chi connectivity index (χ1) is 16.5. The fourth-order valence-electron chi connectivity index (χ4n) is 4.05. The molecule has 8 heteroatoms.